The number of hydrogen-bond donors (Lipinski definition) is 2. The van der Waals surface area contributed by atoms with Crippen LogP contribution in [0.25, 0.3) is 0 Å². The lowest BCUT2D eigenvalue weighted by Gasteiger charge is -2.17. The summed E-state index contributed by atoms with van der Waals surface area (Å²) in [5, 5.41) is 12.1. The van der Waals surface area contributed by atoms with Crippen LogP contribution in [0.5, 0.6) is 0 Å². The molecule has 0 saturated heterocycles. The highest BCUT2D eigenvalue weighted by atomic mass is 32.2. The number of hydrogen-bond acceptors (Lipinski definition) is 5. The Morgan fingerprint density at radius 3 is 2.48 bits per heavy atom. The van der Waals surface area contributed by atoms with Crippen molar-refractivity contribution in [2.75, 3.05) is 29.5 Å². The number of carboxylic acids is 1. The molecule has 0 atom stereocenters. The Morgan fingerprint density at radius 1 is 1.28 bits per heavy atom. The molecule has 0 saturated carbocycles. The van der Waals surface area contributed by atoms with Gasteiger partial charge in [-0.1, -0.05) is 12.1 Å². The van der Waals surface area contributed by atoms with Gasteiger partial charge in [-0.3, -0.25) is 4.31 Å². The van der Waals surface area contributed by atoms with Crippen LogP contribution >= 0.6 is 0 Å². The third-order valence-electron chi connectivity index (χ3n) is 3.51. The summed E-state index contributed by atoms with van der Waals surface area (Å²) in [4.78, 5) is 15.4. The van der Waals surface area contributed by atoms with Gasteiger partial charge in [0.2, 0.25) is 10.0 Å². The zero-order valence-electron chi connectivity index (χ0n) is 13.7. The molecule has 25 heavy (non-hydrogen) atoms. The summed E-state index contributed by atoms with van der Waals surface area (Å²) < 4.78 is 37.1. The standard InChI is InChI=1S/C16H18FN3O4S/c1-20(25(2,23)24)15-10-12(16(21)22)9-14(19-15)18-8-7-11-3-5-13(17)6-4-11/h3-6,9-10H,7-8H2,1-2H3,(H,18,19)(H,21,22). The van der Waals surface area contributed by atoms with Crippen LogP contribution in [-0.4, -0.2) is 44.3 Å². The van der Waals surface area contributed by atoms with Crippen LogP contribution in [0.15, 0.2) is 36.4 Å². The second-order valence-electron chi connectivity index (χ2n) is 5.44. The summed E-state index contributed by atoms with van der Waals surface area (Å²) in [7, 11) is -2.27. The van der Waals surface area contributed by atoms with E-state index in [2.05, 4.69) is 10.3 Å². The Bertz CT molecular complexity index is 869. The first-order chi connectivity index (χ1) is 11.7. The fourth-order valence-electron chi connectivity index (χ4n) is 2.05. The van der Waals surface area contributed by atoms with Gasteiger partial charge in [-0.2, -0.15) is 0 Å². The molecule has 0 aliphatic rings. The lowest BCUT2D eigenvalue weighted by atomic mass is 10.1. The largest absolute Gasteiger partial charge is 0.478 e. The SMILES string of the molecule is CN(c1cc(C(=O)O)cc(NCCc2ccc(F)cc2)n1)S(C)(=O)=O. The van der Waals surface area contributed by atoms with Crippen molar-refractivity contribution >= 4 is 27.6 Å². The molecule has 0 fully saturated rings. The number of carbonyl (C=O) groups is 1. The maximum atomic E-state index is 12.9. The fraction of sp³-hybridized carbons (Fsp3) is 0.250. The Kier molecular flexibility index (Phi) is 5.58. The molecule has 0 unspecified atom stereocenters. The molecule has 134 valence electrons. The van der Waals surface area contributed by atoms with E-state index in [-0.39, 0.29) is 23.0 Å². The van der Waals surface area contributed by atoms with Gasteiger partial charge in [0.25, 0.3) is 0 Å². The Hall–Kier alpha value is -2.68. The predicted octanol–water partition coefficient (Wildman–Crippen LogP) is 1.97. The van der Waals surface area contributed by atoms with E-state index in [0.29, 0.717) is 13.0 Å². The summed E-state index contributed by atoms with van der Waals surface area (Å²) >= 11 is 0. The third-order valence-corrected chi connectivity index (χ3v) is 4.69. The van der Waals surface area contributed by atoms with Crippen LogP contribution < -0.4 is 9.62 Å². The second kappa shape index (κ2) is 7.47. The normalized spacial score (nSPS) is 11.2. The van der Waals surface area contributed by atoms with E-state index >= 15 is 0 Å². The van der Waals surface area contributed by atoms with E-state index in [4.69, 9.17) is 0 Å². The summed E-state index contributed by atoms with van der Waals surface area (Å²) in [6, 6.07) is 8.54. The van der Waals surface area contributed by atoms with Crippen molar-refractivity contribution in [1.29, 1.82) is 0 Å². The topological polar surface area (TPSA) is 99.6 Å². The van der Waals surface area contributed by atoms with E-state index in [1.54, 1.807) is 12.1 Å². The predicted molar refractivity (Wildman–Crippen MR) is 93.0 cm³/mol. The molecule has 2 aromatic rings. The van der Waals surface area contributed by atoms with Crippen molar-refractivity contribution in [2.24, 2.45) is 0 Å². The third kappa shape index (κ3) is 5.15. The average Bonchev–Trinajstić information content (AvgIpc) is 2.55. The lowest BCUT2D eigenvalue weighted by molar-refractivity contribution is 0.0697. The molecular formula is C16H18FN3O4S. The van der Waals surface area contributed by atoms with Gasteiger partial charge in [-0.25, -0.2) is 22.6 Å². The Balaban J connectivity index is 2.17. The quantitative estimate of drug-likeness (QED) is 0.776. The first-order valence-electron chi connectivity index (χ1n) is 7.34. The monoisotopic (exact) mass is 367 g/mol. The molecule has 2 rings (SSSR count). The summed E-state index contributed by atoms with van der Waals surface area (Å²) in [6.07, 6.45) is 1.57. The van der Waals surface area contributed by atoms with E-state index in [0.717, 1.165) is 16.1 Å². The van der Waals surface area contributed by atoms with Gasteiger partial charge < -0.3 is 10.4 Å². The number of benzene rings is 1. The van der Waals surface area contributed by atoms with Crippen molar-refractivity contribution in [2.45, 2.75) is 6.42 Å². The molecule has 2 N–H and O–H groups in total. The minimum absolute atomic E-state index is 0.00619. The van der Waals surface area contributed by atoms with Crippen LogP contribution in [0.4, 0.5) is 16.0 Å². The summed E-state index contributed by atoms with van der Waals surface area (Å²) in [5.41, 5.74) is 0.821. The van der Waals surface area contributed by atoms with Gasteiger partial charge in [0.15, 0.2) is 0 Å². The molecule has 1 heterocycles. The van der Waals surface area contributed by atoms with Crippen LogP contribution in [0.1, 0.15) is 15.9 Å². The molecule has 7 nitrogen and oxygen atoms in total. The molecule has 0 aliphatic carbocycles. The van der Waals surface area contributed by atoms with Crippen molar-refractivity contribution in [1.82, 2.24) is 4.98 Å². The number of nitrogens with zero attached hydrogens (tertiary/aromatic N) is 2. The van der Waals surface area contributed by atoms with Gasteiger partial charge in [0, 0.05) is 13.6 Å². The van der Waals surface area contributed by atoms with Gasteiger partial charge in [0.1, 0.15) is 17.5 Å². The summed E-state index contributed by atoms with van der Waals surface area (Å²) in [6.45, 7) is 0.420. The van der Waals surface area contributed by atoms with Crippen molar-refractivity contribution < 1.29 is 22.7 Å². The minimum Gasteiger partial charge on any atom is -0.478 e. The average molecular weight is 367 g/mol. The number of aromatic nitrogens is 1. The zero-order chi connectivity index (χ0) is 18.6. The first kappa shape index (κ1) is 18.7. The molecule has 0 radical (unpaired) electrons. The number of nitrogens with one attached hydrogen (secondary N) is 1. The van der Waals surface area contributed by atoms with E-state index in [1.807, 2.05) is 0 Å². The van der Waals surface area contributed by atoms with Gasteiger partial charge in [-0.05, 0) is 36.2 Å². The smallest absolute Gasteiger partial charge is 0.335 e. The molecular weight excluding hydrogens is 349 g/mol. The lowest BCUT2D eigenvalue weighted by Crippen LogP contribution is -2.26. The number of sulfonamides is 1. The first-order valence-corrected chi connectivity index (χ1v) is 9.19. The zero-order valence-corrected chi connectivity index (χ0v) is 14.5. The Morgan fingerprint density at radius 2 is 1.92 bits per heavy atom. The maximum absolute atomic E-state index is 12.9. The number of carboxylic acid groups (broad SMARTS) is 1. The number of anilines is 2. The van der Waals surface area contributed by atoms with Crippen LogP contribution in [-0.2, 0) is 16.4 Å². The number of pyridine rings is 1. The van der Waals surface area contributed by atoms with Crippen molar-refractivity contribution in [3.8, 4) is 0 Å². The highest BCUT2D eigenvalue weighted by Gasteiger charge is 2.17. The number of rotatable bonds is 7. The van der Waals surface area contributed by atoms with Gasteiger partial charge >= 0.3 is 5.97 Å². The van der Waals surface area contributed by atoms with Crippen LogP contribution in [0.2, 0.25) is 0 Å². The molecule has 0 spiro atoms. The fourth-order valence-corrected chi connectivity index (χ4v) is 2.48. The summed E-state index contributed by atoms with van der Waals surface area (Å²) in [5.74, 6) is -1.26. The highest BCUT2D eigenvalue weighted by Crippen LogP contribution is 2.19. The minimum atomic E-state index is -3.57. The molecule has 1 aromatic carbocycles. The molecule has 0 aliphatic heterocycles. The van der Waals surface area contributed by atoms with Crippen molar-refractivity contribution in [3.05, 3.63) is 53.3 Å². The number of halogens is 1. The molecule has 0 amide bonds. The second-order valence-corrected chi connectivity index (χ2v) is 7.45. The van der Waals surface area contributed by atoms with Crippen LogP contribution in [0, 0.1) is 5.82 Å². The van der Waals surface area contributed by atoms with Crippen molar-refractivity contribution in [3.63, 3.8) is 0 Å². The maximum Gasteiger partial charge on any atom is 0.335 e. The highest BCUT2D eigenvalue weighted by molar-refractivity contribution is 7.92. The van der Waals surface area contributed by atoms with E-state index in [9.17, 15) is 22.7 Å². The van der Waals surface area contributed by atoms with Gasteiger partial charge in [-0.15, -0.1) is 0 Å². The van der Waals surface area contributed by atoms with Gasteiger partial charge in [0.05, 0.1) is 11.8 Å². The van der Waals surface area contributed by atoms with Crippen LogP contribution in [0.3, 0.4) is 0 Å². The molecule has 9 heteroatoms. The van der Waals surface area contributed by atoms with E-state index in [1.165, 1.54) is 31.3 Å². The molecule has 0 bridgehead atoms. The number of aromatic carboxylic acids is 1. The molecule has 1 aromatic heterocycles. The van der Waals surface area contributed by atoms with E-state index < -0.39 is 16.0 Å². The Labute approximate surface area is 145 Å².